The Morgan fingerprint density at radius 2 is 1.95 bits per heavy atom. The second-order valence-corrected chi connectivity index (χ2v) is 5.70. The number of ether oxygens (including phenoxy) is 2. The van der Waals surface area contributed by atoms with Gasteiger partial charge in [-0.05, 0) is 56.1 Å². The van der Waals surface area contributed by atoms with E-state index < -0.39 is 0 Å². The van der Waals surface area contributed by atoms with Crippen molar-refractivity contribution in [2.45, 2.75) is 39.3 Å². The van der Waals surface area contributed by atoms with E-state index in [9.17, 15) is 0 Å². The van der Waals surface area contributed by atoms with E-state index in [1.807, 2.05) is 0 Å². The van der Waals surface area contributed by atoms with E-state index in [1.54, 1.807) is 14.2 Å². The molecule has 1 N–H and O–H groups in total. The number of aryl methyl sites for hydroxylation is 1. The van der Waals surface area contributed by atoms with Crippen molar-refractivity contribution in [3.63, 3.8) is 0 Å². The number of nitrogens with one attached hydrogen (secondary N) is 1. The highest BCUT2D eigenvalue weighted by atomic mass is 16.5. The summed E-state index contributed by atoms with van der Waals surface area (Å²) < 4.78 is 10.8. The molecule has 0 spiro atoms. The van der Waals surface area contributed by atoms with Crippen LogP contribution in [0.1, 0.15) is 30.9 Å². The second-order valence-electron chi connectivity index (χ2n) is 5.70. The van der Waals surface area contributed by atoms with Crippen LogP contribution < -0.4 is 14.8 Å². The molecule has 2 rings (SSSR count). The summed E-state index contributed by atoms with van der Waals surface area (Å²) in [7, 11) is 3.38. The molecule has 21 heavy (non-hydrogen) atoms. The molecule has 0 aromatic heterocycles. The Labute approximate surface area is 128 Å². The van der Waals surface area contributed by atoms with Crippen LogP contribution in [0.15, 0.2) is 12.1 Å². The van der Waals surface area contributed by atoms with E-state index in [1.165, 1.54) is 24.0 Å². The van der Waals surface area contributed by atoms with Crippen LogP contribution >= 0.6 is 0 Å². The Kier molecular flexibility index (Phi) is 5.88. The fourth-order valence-electron chi connectivity index (χ4n) is 3.06. The van der Waals surface area contributed by atoms with Gasteiger partial charge in [0.05, 0.1) is 14.2 Å². The molecule has 4 nitrogen and oxygen atoms in total. The van der Waals surface area contributed by atoms with Gasteiger partial charge in [0.15, 0.2) is 11.5 Å². The molecule has 0 saturated carbocycles. The molecule has 1 aromatic rings. The van der Waals surface area contributed by atoms with Gasteiger partial charge in [0.25, 0.3) is 0 Å². The largest absolute Gasteiger partial charge is 0.493 e. The molecule has 1 aliphatic heterocycles. The Morgan fingerprint density at radius 3 is 2.52 bits per heavy atom. The van der Waals surface area contributed by atoms with Crippen LogP contribution in [0.25, 0.3) is 0 Å². The zero-order chi connectivity index (χ0) is 15.2. The summed E-state index contributed by atoms with van der Waals surface area (Å²) in [5.41, 5.74) is 2.58. The maximum absolute atomic E-state index is 5.44. The lowest BCUT2D eigenvalue weighted by Crippen LogP contribution is -2.45. The Morgan fingerprint density at radius 1 is 1.24 bits per heavy atom. The summed E-state index contributed by atoms with van der Waals surface area (Å²) in [6.45, 7) is 8.67. The number of methoxy groups -OCH3 is 2. The quantitative estimate of drug-likeness (QED) is 0.874. The highest BCUT2D eigenvalue weighted by molar-refractivity contribution is 5.47. The van der Waals surface area contributed by atoms with Crippen LogP contribution in [0.3, 0.4) is 0 Å². The predicted octanol–water partition coefficient (Wildman–Crippen LogP) is 2.59. The lowest BCUT2D eigenvalue weighted by atomic mass is 10.0. The van der Waals surface area contributed by atoms with Gasteiger partial charge in [0.1, 0.15) is 0 Å². The molecule has 1 heterocycles. The van der Waals surface area contributed by atoms with Crippen molar-refractivity contribution in [2.75, 3.05) is 33.9 Å². The molecule has 1 aromatic carbocycles. The van der Waals surface area contributed by atoms with Crippen molar-refractivity contribution < 1.29 is 9.47 Å². The molecule has 0 amide bonds. The monoisotopic (exact) mass is 292 g/mol. The molecule has 0 radical (unpaired) electrons. The number of rotatable bonds is 6. The van der Waals surface area contributed by atoms with Gasteiger partial charge in [0, 0.05) is 19.1 Å². The van der Waals surface area contributed by atoms with Crippen molar-refractivity contribution in [1.82, 2.24) is 10.2 Å². The van der Waals surface area contributed by atoms with Gasteiger partial charge in [-0.1, -0.05) is 6.92 Å². The smallest absolute Gasteiger partial charge is 0.161 e. The average molecular weight is 292 g/mol. The molecule has 1 fully saturated rings. The lowest BCUT2D eigenvalue weighted by Gasteiger charge is -2.34. The zero-order valence-electron chi connectivity index (χ0n) is 13.7. The van der Waals surface area contributed by atoms with Crippen LogP contribution in [0.2, 0.25) is 0 Å². The number of benzene rings is 1. The van der Waals surface area contributed by atoms with Crippen molar-refractivity contribution in [1.29, 1.82) is 0 Å². The van der Waals surface area contributed by atoms with E-state index in [-0.39, 0.29) is 0 Å². The summed E-state index contributed by atoms with van der Waals surface area (Å²) in [6.07, 6.45) is 2.55. The van der Waals surface area contributed by atoms with Crippen LogP contribution in [0, 0.1) is 6.92 Å². The minimum absolute atomic E-state index is 0.635. The molecule has 1 atom stereocenters. The Hall–Kier alpha value is -1.26. The number of nitrogens with zero attached hydrogens (tertiary/aromatic N) is 1. The maximum atomic E-state index is 5.44. The van der Waals surface area contributed by atoms with Gasteiger partial charge in [-0.25, -0.2) is 0 Å². The van der Waals surface area contributed by atoms with Crippen molar-refractivity contribution in [3.05, 3.63) is 23.3 Å². The first-order valence-electron chi connectivity index (χ1n) is 7.85. The number of likely N-dealkylation sites (N-methyl/N-ethyl adjacent to an activating group) is 1. The third kappa shape index (κ3) is 3.89. The molecule has 1 aliphatic rings. The summed E-state index contributed by atoms with van der Waals surface area (Å²) in [4.78, 5) is 2.56. The first kappa shape index (κ1) is 16.1. The SMILES string of the molecule is CCN(Cc1cc(OC)c(OC)cc1C)C1CCCNC1. The van der Waals surface area contributed by atoms with E-state index in [2.05, 4.69) is 36.2 Å². The summed E-state index contributed by atoms with van der Waals surface area (Å²) in [5, 5.41) is 3.50. The van der Waals surface area contributed by atoms with Crippen molar-refractivity contribution in [3.8, 4) is 11.5 Å². The molecule has 118 valence electrons. The summed E-state index contributed by atoms with van der Waals surface area (Å²) in [5.74, 6) is 1.62. The maximum Gasteiger partial charge on any atom is 0.161 e. The standard InChI is InChI=1S/C17H28N2O2/c1-5-19(15-7-6-8-18-11-15)12-14-10-17(21-4)16(20-3)9-13(14)2/h9-10,15,18H,5-8,11-12H2,1-4H3. The highest BCUT2D eigenvalue weighted by Gasteiger charge is 2.21. The van der Waals surface area contributed by atoms with Gasteiger partial charge in [-0.2, -0.15) is 0 Å². The van der Waals surface area contributed by atoms with E-state index in [4.69, 9.17) is 9.47 Å². The fourth-order valence-corrected chi connectivity index (χ4v) is 3.06. The van der Waals surface area contributed by atoms with Gasteiger partial charge in [0.2, 0.25) is 0 Å². The highest BCUT2D eigenvalue weighted by Crippen LogP contribution is 2.31. The molecule has 4 heteroatoms. The number of piperidine rings is 1. The van der Waals surface area contributed by atoms with E-state index >= 15 is 0 Å². The van der Waals surface area contributed by atoms with Crippen LogP contribution in [0.4, 0.5) is 0 Å². The Bertz CT molecular complexity index is 456. The molecule has 1 unspecified atom stereocenters. The van der Waals surface area contributed by atoms with Gasteiger partial charge < -0.3 is 14.8 Å². The van der Waals surface area contributed by atoms with Gasteiger partial charge >= 0.3 is 0 Å². The van der Waals surface area contributed by atoms with Crippen molar-refractivity contribution >= 4 is 0 Å². The van der Waals surface area contributed by atoms with Crippen LogP contribution in [-0.2, 0) is 6.54 Å². The average Bonchev–Trinajstić information content (AvgIpc) is 2.54. The minimum atomic E-state index is 0.635. The first-order valence-corrected chi connectivity index (χ1v) is 7.85. The molecule has 0 bridgehead atoms. The van der Waals surface area contributed by atoms with Crippen LogP contribution in [0.5, 0.6) is 11.5 Å². The van der Waals surface area contributed by atoms with Gasteiger partial charge in [-0.15, -0.1) is 0 Å². The predicted molar refractivity (Wildman–Crippen MR) is 86.3 cm³/mol. The zero-order valence-corrected chi connectivity index (χ0v) is 13.7. The molecular weight excluding hydrogens is 264 g/mol. The third-order valence-corrected chi connectivity index (χ3v) is 4.41. The van der Waals surface area contributed by atoms with Gasteiger partial charge in [-0.3, -0.25) is 4.90 Å². The van der Waals surface area contributed by atoms with E-state index in [0.717, 1.165) is 37.7 Å². The topological polar surface area (TPSA) is 33.7 Å². The van der Waals surface area contributed by atoms with Crippen LogP contribution in [-0.4, -0.2) is 44.8 Å². The summed E-state index contributed by atoms with van der Waals surface area (Å²) >= 11 is 0. The van der Waals surface area contributed by atoms with E-state index in [0.29, 0.717) is 6.04 Å². The normalized spacial score (nSPS) is 18.8. The minimum Gasteiger partial charge on any atom is -0.493 e. The third-order valence-electron chi connectivity index (χ3n) is 4.41. The molecule has 1 saturated heterocycles. The molecular formula is C17H28N2O2. The molecule has 0 aliphatic carbocycles. The number of hydrogen-bond acceptors (Lipinski definition) is 4. The number of hydrogen-bond donors (Lipinski definition) is 1. The Balaban J connectivity index is 2.16. The fraction of sp³-hybridized carbons (Fsp3) is 0.647. The lowest BCUT2D eigenvalue weighted by molar-refractivity contribution is 0.165. The first-order chi connectivity index (χ1) is 10.2. The summed E-state index contributed by atoms with van der Waals surface area (Å²) in [6, 6.07) is 4.82. The second kappa shape index (κ2) is 7.66. The van der Waals surface area contributed by atoms with Crippen molar-refractivity contribution in [2.24, 2.45) is 0 Å².